The lowest BCUT2D eigenvalue weighted by Crippen LogP contribution is -2.13. The summed E-state index contributed by atoms with van der Waals surface area (Å²) in [6.07, 6.45) is 0.312. The van der Waals surface area contributed by atoms with Crippen LogP contribution in [0.15, 0.2) is 58.3 Å². The van der Waals surface area contributed by atoms with Crippen LogP contribution in [0.3, 0.4) is 0 Å². The monoisotopic (exact) mass is 435 g/mol. The van der Waals surface area contributed by atoms with Crippen molar-refractivity contribution in [1.82, 2.24) is 0 Å². The molecule has 0 fully saturated rings. The average Bonchev–Trinajstić information content (AvgIpc) is 3.40. The van der Waals surface area contributed by atoms with Gasteiger partial charge in [0.1, 0.15) is 17.1 Å². The molecule has 0 aliphatic carbocycles. The Bertz CT molecular complexity index is 1260. The largest absolute Gasteiger partial charge is 0.497 e. The maximum absolute atomic E-state index is 13.2. The summed E-state index contributed by atoms with van der Waals surface area (Å²) in [5, 5.41) is 5.63. The number of methoxy groups -OCH3 is 2. The van der Waals surface area contributed by atoms with Gasteiger partial charge >= 0.3 is 0 Å². The normalized spacial score (nSPS) is 10.8. The van der Waals surface area contributed by atoms with E-state index in [0.29, 0.717) is 34.8 Å². The van der Waals surface area contributed by atoms with Gasteiger partial charge in [-0.2, -0.15) is 0 Å². The van der Waals surface area contributed by atoms with E-state index in [9.17, 15) is 9.59 Å². The fourth-order valence-electron chi connectivity index (χ4n) is 3.41. The van der Waals surface area contributed by atoms with Crippen LogP contribution < -0.4 is 14.8 Å². The number of aryl methyl sites for hydroxylation is 1. The number of ketones is 1. The third kappa shape index (κ3) is 4.18. The second kappa shape index (κ2) is 8.65. The van der Waals surface area contributed by atoms with Crippen LogP contribution in [-0.2, 0) is 11.2 Å². The number of nitrogens with one attached hydrogen (secondary N) is 1. The molecule has 2 aromatic heterocycles. The Morgan fingerprint density at radius 2 is 1.90 bits per heavy atom. The maximum atomic E-state index is 13.2. The van der Waals surface area contributed by atoms with Crippen LogP contribution in [0.25, 0.3) is 11.0 Å². The van der Waals surface area contributed by atoms with Crippen LogP contribution in [0.1, 0.15) is 26.6 Å². The summed E-state index contributed by atoms with van der Waals surface area (Å²) in [5.41, 5.74) is 2.22. The first-order chi connectivity index (χ1) is 15.0. The van der Waals surface area contributed by atoms with Crippen molar-refractivity contribution in [1.29, 1.82) is 0 Å². The Labute approximate surface area is 183 Å². The van der Waals surface area contributed by atoms with Crippen molar-refractivity contribution in [2.75, 3.05) is 19.5 Å². The molecule has 0 radical (unpaired) electrons. The van der Waals surface area contributed by atoms with Crippen LogP contribution in [0.2, 0.25) is 0 Å². The fourth-order valence-corrected chi connectivity index (χ4v) is 4.11. The van der Waals surface area contributed by atoms with Crippen LogP contribution in [-0.4, -0.2) is 25.9 Å². The second-order valence-electron chi connectivity index (χ2n) is 6.97. The summed E-state index contributed by atoms with van der Waals surface area (Å²) in [6, 6.07) is 14.3. The van der Waals surface area contributed by atoms with E-state index in [2.05, 4.69) is 5.32 Å². The number of anilines is 1. The van der Waals surface area contributed by atoms with Crippen LogP contribution in [0.4, 0.5) is 5.69 Å². The molecular formula is C24H21NO5S. The molecule has 0 saturated heterocycles. The van der Waals surface area contributed by atoms with Crippen molar-refractivity contribution < 1.29 is 23.5 Å². The molecule has 1 N–H and O–H groups in total. The molecule has 1 amide bonds. The lowest BCUT2D eigenvalue weighted by molar-refractivity contribution is -0.115. The minimum atomic E-state index is -0.298. The van der Waals surface area contributed by atoms with Gasteiger partial charge in [0.15, 0.2) is 5.76 Å². The third-order valence-corrected chi connectivity index (χ3v) is 5.87. The van der Waals surface area contributed by atoms with Gasteiger partial charge in [-0.05, 0) is 48.7 Å². The smallest absolute Gasteiger partial charge is 0.232 e. The van der Waals surface area contributed by atoms with Gasteiger partial charge in [-0.3, -0.25) is 9.59 Å². The number of ether oxygens (including phenoxy) is 2. The van der Waals surface area contributed by atoms with Gasteiger partial charge in [-0.15, -0.1) is 11.3 Å². The van der Waals surface area contributed by atoms with Crippen molar-refractivity contribution in [3.63, 3.8) is 0 Å². The van der Waals surface area contributed by atoms with E-state index >= 15 is 0 Å². The van der Waals surface area contributed by atoms with E-state index in [1.807, 2.05) is 30.5 Å². The molecule has 6 nitrogen and oxygen atoms in total. The first-order valence-electron chi connectivity index (χ1n) is 9.62. The standard InChI is InChI=1S/C24H21NO5S/c1-14-18-8-6-15(25-22(26)13-17-5-4-10-31-17)11-21(18)30-24(14)23(27)19-12-16(28-2)7-9-20(19)29-3/h4-12H,13H2,1-3H3,(H,25,26). The Hall–Kier alpha value is -3.58. The number of rotatable bonds is 7. The highest BCUT2D eigenvalue weighted by molar-refractivity contribution is 7.10. The minimum absolute atomic E-state index is 0.109. The summed E-state index contributed by atoms with van der Waals surface area (Å²) in [4.78, 5) is 26.5. The van der Waals surface area contributed by atoms with Gasteiger partial charge in [-0.1, -0.05) is 6.07 Å². The van der Waals surface area contributed by atoms with Crippen molar-refractivity contribution in [2.45, 2.75) is 13.3 Å². The molecule has 0 saturated carbocycles. The summed E-state index contributed by atoms with van der Waals surface area (Å²) in [7, 11) is 3.05. The summed E-state index contributed by atoms with van der Waals surface area (Å²) in [5.74, 6) is 0.805. The van der Waals surface area contributed by atoms with Gasteiger partial charge in [0, 0.05) is 27.6 Å². The van der Waals surface area contributed by atoms with Crippen LogP contribution in [0, 0.1) is 6.92 Å². The van der Waals surface area contributed by atoms with Crippen LogP contribution >= 0.6 is 11.3 Å². The molecule has 4 rings (SSSR count). The predicted molar refractivity (Wildman–Crippen MR) is 121 cm³/mol. The van der Waals surface area contributed by atoms with Crippen molar-refractivity contribution in [2.24, 2.45) is 0 Å². The number of carbonyl (C=O) groups excluding carboxylic acids is 2. The van der Waals surface area contributed by atoms with Crippen molar-refractivity contribution in [3.05, 3.63) is 75.7 Å². The molecule has 0 bridgehead atoms. The molecule has 0 unspecified atom stereocenters. The number of hydrogen-bond acceptors (Lipinski definition) is 6. The van der Waals surface area contributed by atoms with Gasteiger partial charge < -0.3 is 19.2 Å². The SMILES string of the molecule is COc1ccc(OC)c(C(=O)c2oc3cc(NC(=O)Cc4cccs4)ccc3c2C)c1. The van der Waals surface area contributed by atoms with E-state index in [4.69, 9.17) is 13.9 Å². The minimum Gasteiger partial charge on any atom is -0.497 e. The number of carbonyl (C=O) groups is 2. The summed E-state index contributed by atoms with van der Waals surface area (Å²) in [6.45, 7) is 1.83. The zero-order valence-corrected chi connectivity index (χ0v) is 18.2. The Kier molecular flexibility index (Phi) is 5.77. The first kappa shape index (κ1) is 20.7. The number of amides is 1. The molecule has 31 heavy (non-hydrogen) atoms. The fraction of sp³-hybridized carbons (Fsp3) is 0.167. The molecule has 0 aliphatic heterocycles. The number of thiophene rings is 1. The molecule has 0 aliphatic rings. The third-order valence-electron chi connectivity index (χ3n) is 4.99. The molecule has 2 aromatic carbocycles. The molecule has 4 aromatic rings. The number of fused-ring (bicyclic) bond motifs is 1. The first-order valence-corrected chi connectivity index (χ1v) is 10.5. The average molecular weight is 436 g/mol. The Morgan fingerprint density at radius 3 is 2.61 bits per heavy atom. The highest BCUT2D eigenvalue weighted by Gasteiger charge is 2.23. The molecular weight excluding hydrogens is 414 g/mol. The van der Waals surface area contributed by atoms with E-state index in [-0.39, 0.29) is 17.5 Å². The quantitative estimate of drug-likeness (QED) is 0.402. The van der Waals surface area contributed by atoms with Crippen LogP contribution in [0.5, 0.6) is 11.5 Å². The zero-order chi connectivity index (χ0) is 22.0. The second-order valence-corrected chi connectivity index (χ2v) is 8.00. The Balaban J connectivity index is 1.63. The van der Waals surface area contributed by atoms with Gasteiger partial charge in [0.2, 0.25) is 11.7 Å². The van der Waals surface area contributed by atoms with Gasteiger partial charge in [0.25, 0.3) is 0 Å². The van der Waals surface area contributed by atoms with Crippen molar-refractivity contribution in [3.8, 4) is 11.5 Å². The number of benzene rings is 2. The summed E-state index contributed by atoms with van der Waals surface area (Å²) < 4.78 is 16.5. The highest BCUT2D eigenvalue weighted by Crippen LogP contribution is 2.32. The van der Waals surface area contributed by atoms with E-state index in [1.54, 1.807) is 41.7 Å². The Morgan fingerprint density at radius 1 is 1.06 bits per heavy atom. The molecule has 7 heteroatoms. The van der Waals surface area contributed by atoms with E-state index < -0.39 is 0 Å². The highest BCUT2D eigenvalue weighted by atomic mass is 32.1. The predicted octanol–water partition coefficient (Wildman–Crippen LogP) is 5.23. The molecule has 158 valence electrons. The van der Waals surface area contributed by atoms with E-state index in [1.165, 1.54) is 14.2 Å². The van der Waals surface area contributed by atoms with Crippen molar-refractivity contribution >= 4 is 39.7 Å². The maximum Gasteiger partial charge on any atom is 0.232 e. The zero-order valence-electron chi connectivity index (χ0n) is 17.4. The lowest BCUT2D eigenvalue weighted by atomic mass is 10.0. The van der Waals surface area contributed by atoms with Gasteiger partial charge in [-0.25, -0.2) is 0 Å². The molecule has 0 spiro atoms. The topological polar surface area (TPSA) is 77.8 Å². The molecule has 2 heterocycles. The molecule has 0 atom stereocenters. The van der Waals surface area contributed by atoms with E-state index in [0.717, 1.165) is 15.8 Å². The number of hydrogen-bond donors (Lipinski definition) is 1. The van der Waals surface area contributed by atoms with Gasteiger partial charge in [0.05, 0.1) is 26.2 Å². The lowest BCUT2D eigenvalue weighted by Gasteiger charge is -2.08. The summed E-state index contributed by atoms with van der Waals surface area (Å²) >= 11 is 1.54. The number of furan rings is 1.